The van der Waals surface area contributed by atoms with Gasteiger partial charge in [0.25, 0.3) is 0 Å². The van der Waals surface area contributed by atoms with Crippen LogP contribution in [0, 0.1) is 0 Å². The summed E-state index contributed by atoms with van der Waals surface area (Å²) in [6.45, 7) is 7.26. The highest BCUT2D eigenvalue weighted by Gasteiger charge is 2.27. The van der Waals surface area contributed by atoms with Crippen molar-refractivity contribution in [3.63, 3.8) is 0 Å². The molecule has 0 spiro atoms. The first-order chi connectivity index (χ1) is 9.52. The van der Waals surface area contributed by atoms with Crippen molar-refractivity contribution in [3.05, 3.63) is 23.8 Å². The van der Waals surface area contributed by atoms with Crippen LogP contribution < -0.4 is 14.8 Å². The van der Waals surface area contributed by atoms with Crippen LogP contribution in [-0.4, -0.2) is 18.8 Å². The van der Waals surface area contributed by atoms with E-state index in [0.29, 0.717) is 5.54 Å². The number of hydrogen-bond donors (Lipinski definition) is 1. The molecule has 0 bridgehead atoms. The highest BCUT2D eigenvalue weighted by Crippen LogP contribution is 2.31. The molecule has 0 heterocycles. The molecule has 1 N–H and O–H groups in total. The zero-order valence-electron chi connectivity index (χ0n) is 13.2. The SMILES string of the molecule is COc1cc(CNC2(C)CCCC2)ccc1OC(C)C. The molecule has 1 saturated carbocycles. The molecule has 0 atom stereocenters. The normalized spacial score (nSPS) is 17.4. The van der Waals surface area contributed by atoms with Crippen molar-refractivity contribution in [2.45, 2.75) is 64.6 Å². The first kappa shape index (κ1) is 15.2. The third-order valence-electron chi connectivity index (χ3n) is 4.02. The van der Waals surface area contributed by atoms with Gasteiger partial charge in [0.15, 0.2) is 11.5 Å². The van der Waals surface area contributed by atoms with Crippen LogP contribution in [0.5, 0.6) is 11.5 Å². The van der Waals surface area contributed by atoms with Gasteiger partial charge in [-0.2, -0.15) is 0 Å². The summed E-state index contributed by atoms with van der Waals surface area (Å²) in [5, 5.41) is 3.69. The second kappa shape index (κ2) is 6.49. The molecule has 1 aromatic rings. The number of ether oxygens (including phenoxy) is 2. The van der Waals surface area contributed by atoms with Gasteiger partial charge in [-0.25, -0.2) is 0 Å². The monoisotopic (exact) mass is 277 g/mol. The Hall–Kier alpha value is -1.22. The molecule has 1 aliphatic carbocycles. The number of nitrogens with one attached hydrogen (secondary N) is 1. The van der Waals surface area contributed by atoms with E-state index >= 15 is 0 Å². The molecule has 0 aromatic heterocycles. The second-order valence-electron chi connectivity index (χ2n) is 6.27. The van der Waals surface area contributed by atoms with Gasteiger partial charge < -0.3 is 14.8 Å². The quantitative estimate of drug-likeness (QED) is 0.855. The largest absolute Gasteiger partial charge is 0.493 e. The van der Waals surface area contributed by atoms with Gasteiger partial charge in [0.2, 0.25) is 0 Å². The third kappa shape index (κ3) is 3.89. The summed E-state index contributed by atoms with van der Waals surface area (Å²) >= 11 is 0. The van der Waals surface area contributed by atoms with Gasteiger partial charge in [0.1, 0.15) is 0 Å². The van der Waals surface area contributed by atoms with Crippen LogP contribution in [-0.2, 0) is 6.54 Å². The van der Waals surface area contributed by atoms with Crippen molar-refractivity contribution in [2.75, 3.05) is 7.11 Å². The van der Waals surface area contributed by atoms with Crippen molar-refractivity contribution < 1.29 is 9.47 Å². The summed E-state index contributed by atoms with van der Waals surface area (Å²) in [6, 6.07) is 6.20. The summed E-state index contributed by atoms with van der Waals surface area (Å²) in [5.41, 5.74) is 1.55. The first-order valence-electron chi connectivity index (χ1n) is 7.61. The topological polar surface area (TPSA) is 30.5 Å². The predicted octanol–water partition coefficient (Wildman–Crippen LogP) is 3.90. The van der Waals surface area contributed by atoms with Crippen LogP contribution in [0.25, 0.3) is 0 Å². The summed E-state index contributed by atoms with van der Waals surface area (Å²) < 4.78 is 11.2. The molecule has 0 aliphatic heterocycles. The first-order valence-corrected chi connectivity index (χ1v) is 7.61. The van der Waals surface area contributed by atoms with Crippen LogP contribution in [0.15, 0.2) is 18.2 Å². The lowest BCUT2D eigenvalue weighted by molar-refractivity contribution is 0.230. The lowest BCUT2D eigenvalue weighted by atomic mass is 10.0. The zero-order chi connectivity index (χ0) is 14.6. The molecule has 0 amide bonds. The van der Waals surface area contributed by atoms with E-state index in [4.69, 9.17) is 9.47 Å². The Bertz CT molecular complexity index is 437. The number of methoxy groups -OCH3 is 1. The molecular formula is C17H27NO2. The van der Waals surface area contributed by atoms with Gasteiger partial charge >= 0.3 is 0 Å². The maximum absolute atomic E-state index is 5.74. The number of benzene rings is 1. The van der Waals surface area contributed by atoms with Gasteiger partial charge in [-0.1, -0.05) is 18.9 Å². The van der Waals surface area contributed by atoms with Crippen molar-refractivity contribution in [1.82, 2.24) is 5.32 Å². The zero-order valence-corrected chi connectivity index (χ0v) is 13.2. The summed E-state index contributed by atoms with van der Waals surface area (Å²) in [4.78, 5) is 0. The van der Waals surface area contributed by atoms with E-state index in [1.807, 2.05) is 19.9 Å². The predicted molar refractivity (Wildman–Crippen MR) is 82.5 cm³/mol. The number of hydrogen-bond acceptors (Lipinski definition) is 3. The van der Waals surface area contributed by atoms with Gasteiger partial charge in [-0.05, 0) is 51.3 Å². The molecule has 112 valence electrons. The minimum atomic E-state index is 0.158. The van der Waals surface area contributed by atoms with Gasteiger partial charge in [0.05, 0.1) is 13.2 Å². The Balaban J connectivity index is 2.01. The average molecular weight is 277 g/mol. The molecule has 1 aromatic carbocycles. The van der Waals surface area contributed by atoms with E-state index in [1.54, 1.807) is 7.11 Å². The minimum absolute atomic E-state index is 0.158. The van der Waals surface area contributed by atoms with E-state index in [9.17, 15) is 0 Å². The molecule has 1 fully saturated rings. The molecule has 0 saturated heterocycles. The Morgan fingerprint density at radius 1 is 1.20 bits per heavy atom. The van der Waals surface area contributed by atoms with Crippen LogP contribution >= 0.6 is 0 Å². The summed E-state index contributed by atoms with van der Waals surface area (Å²) in [6.07, 6.45) is 5.39. The molecule has 0 unspecified atom stereocenters. The number of rotatable bonds is 6. The van der Waals surface area contributed by atoms with Crippen molar-refractivity contribution in [1.29, 1.82) is 0 Å². The highest BCUT2D eigenvalue weighted by molar-refractivity contribution is 5.43. The van der Waals surface area contributed by atoms with Crippen molar-refractivity contribution in [2.24, 2.45) is 0 Å². The van der Waals surface area contributed by atoms with Crippen molar-refractivity contribution >= 4 is 0 Å². The van der Waals surface area contributed by atoms with Crippen LogP contribution in [0.2, 0.25) is 0 Å². The third-order valence-corrected chi connectivity index (χ3v) is 4.02. The molecule has 0 radical (unpaired) electrons. The molecular weight excluding hydrogens is 250 g/mol. The second-order valence-corrected chi connectivity index (χ2v) is 6.27. The fourth-order valence-electron chi connectivity index (χ4n) is 2.82. The van der Waals surface area contributed by atoms with Crippen LogP contribution in [0.3, 0.4) is 0 Å². The molecule has 20 heavy (non-hydrogen) atoms. The fourth-order valence-corrected chi connectivity index (χ4v) is 2.82. The van der Waals surface area contributed by atoms with Gasteiger partial charge in [-0.15, -0.1) is 0 Å². The maximum Gasteiger partial charge on any atom is 0.161 e. The van der Waals surface area contributed by atoms with Crippen molar-refractivity contribution in [3.8, 4) is 11.5 Å². The average Bonchev–Trinajstić information content (AvgIpc) is 2.84. The minimum Gasteiger partial charge on any atom is -0.493 e. The lowest BCUT2D eigenvalue weighted by Crippen LogP contribution is -2.38. The standard InChI is InChI=1S/C17H27NO2/c1-13(2)20-15-8-7-14(11-16(15)19-4)12-18-17(3)9-5-6-10-17/h7-8,11,13,18H,5-6,9-10,12H2,1-4H3. The Morgan fingerprint density at radius 2 is 1.90 bits per heavy atom. The summed E-state index contributed by atoms with van der Waals surface area (Å²) in [5.74, 6) is 1.63. The van der Waals surface area contributed by atoms with E-state index < -0.39 is 0 Å². The fraction of sp³-hybridized carbons (Fsp3) is 0.647. The van der Waals surface area contributed by atoms with E-state index in [-0.39, 0.29) is 6.10 Å². The van der Waals surface area contributed by atoms with Gasteiger partial charge in [0, 0.05) is 12.1 Å². The highest BCUT2D eigenvalue weighted by atomic mass is 16.5. The Labute approximate surface area is 122 Å². The van der Waals surface area contributed by atoms with Crippen LogP contribution in [0.1, 0.15) is 52.0 Å². The smallest absolute Gasteiger partial charge is 0.161 e. The van der Waals surface area contributed by atoms with Gasteiger partial charge in [-0.3, -0.25) is 0 Å². The molecule has 1 aliphatic rings. The summed E-state index contributed by atoms with van der Waals surface area (Å²) in [7, 11) is 1.69. The molecule has 3 heteroatoms. The maximum atomic E-state index is 5.74. The molecule has 3 nitrogen and oxygen atoms in total. The van der Waals surface area contributed by atoms with E-state index in [2.05, 4.69) is 24.4 Å². The van der Waals surface area contributed by atoms with E-state index in [0.717, 1.165) is 18.0 Å². The van der Waals surface area contributed by atoms with E-state index in [1.165, 1.54) is 31.2 Å². The Kier molecular flexibility index (Phi) is 4.92. The Morgan fingerprint density at radius 3 is 2.50 bits per heavy atom. The molecule has 2 rings (SSSR count). The van der Waals surface area contributed by atoms with Crippen LogP contribution in [0.4, 0.5) is 0 Å². The lowest BCUT2D eigenvalue weighted by Gasteiger charge is -2.25.